The van der Waals surface area contributed by atoms with Crippen molar-refractivity contribution in [3.63, 3.8) is 0 Å². The Balaban J connectivity index is 1.74. The lowest BCUT2D eigenvalue weighted by Crippen LogP contribution is -2.44. The Morgan fingerprint density at radius 1 is 1.11 bits per heavy atom. The van der Waals surface area contributed by atoms with Crippen LogP contribution in [0.25, 0.3) is 27.7 Å². The van der Waals surface area contributed by atoms with Crippen molar-refractivity contribution in [2.45, 2.75) is 13.0 Å². The number of nitrogens with one attached hydrogen (secondary N) is 1. The molecule has 3 aromatic rings. The highest BCUT2D eigenvalue weighted by Crippen LogP contribution is 2.37. The van der Waals surface area contributed by atoms with E-state index in [9.17, 15) is 0 Å². The van der Waals surface area contributed by atoms with Crippen molar-refractivity contribution in [3.8, 4) is 11.1 Å². The summed E-state index contributed by atoms with van der Waals surface area (Å²) in [6.45, 7) is 6.14. The summed E-state index contributed by atoms with van der Waals surface area (Å²) < 4.78 is 27.1. The Bertz CT molecular complexity index is 1280. The van der Waals surface area contributed by atoms with Crippen LogP contribution in [-0.4, -0.2) is 73.3 Å². The average Bonchev–Trinajstić information content (AvgIpc) is 2.89. The van der Waals surface area contributed by atoms with Crippen LogP contribution in [0.5, 0.6) is 0 Å². The van der Waals surface area contributed by atoms with Crippen LogP contribution in [0.4, 0.5) is 16.0 Å². The Hall–Kier alpha value is -3.63. The first-order valence-electron chi connectivity index (χ1n) is 11.7. The smallest absolute Gasteiger partial charge is 0.173 e. The van der Waals surface area contributed by atoms with Gasteiger partial charge in [0.1, 0.15) is 17.0 Å². The highest BCUT2D eigenvalue weighted by molar-refractivity contribution is 6.01. The zero-order valence-electron chi connectivity index (χ0n) is 19.6. The Morgan fingerprint density at radius 3 is 2.66 bits per heavy atom. The minimum atomic E-state index is -0.385. The Morgan fingerprint density at radius 2 is 1.89 bits per heavy atom. The predicted molar refractivity (Wildman–Crippen MR) is 134 cm³/mol. The molecule has 2 saturated heterocycles. The molecule has 0 aliphatic carbocycles. The summed E-state index contributed by atoms with van der Waals surface area (Å²) in [4.78, 5) is 17.8. The van der Waals surface area contributed by atoms with Gasteiger partial charge in [-0.3, -0.25) is 4.98 Å². The van der Waals surface area contributed by atoms with Gasteiger partial charge in [-0.05, 0) is 36.8 Å². The molecule has 10 heteroatoms. The first-order valence-corrected chi connectivity index (χ1v) is 11.7. The molecule has 5 rings (SSSR count). The summed E-state index contributed by atoms with van der Waals surface area (Å²) in [5, 5.41) is 8.14. The number of hydrogen-bond acceptors (Lipinski definition) is 9. The molecule has 3 N–H and O–H groups in total. The second-order valence-corrected chi connectivity index (χ2v) is 8.59. The third-order valence-electron chi connectivity index (χ3n) is 6.38. The molecule has 0 amide bonds. The molecule has 1 atom stereocenters. The van der Waals surface area contributed by atoms with Gasteiger partial charge >= 0.3 is 0 Å². The molecule has 35 heavy (non-hydrogen) atoms. The number of morpholine rings is 2. The fourth-order valence-corrected chi connectivity index (χ4v) is 4.59. The van der Waals surface area contributed by atoms with Crippen molar-refractivity contribution >= 4 is 34.5 Å². The number of hydrogen-bond donors (Lipinski definition) is 2. The lowest BCUT2D eigenvalue weighted by molar-refractivity contribution is 0.0986. The number of halogens is 1. The molecule has 0 bridgehead atoms. The van der Waals surface area contributed by atoms with Crippen LogP contribution in [0.15, 0.2) is 36.7 Å². The average molecular weight is 478 g/mol. The van der Waals surface area contributed by atoms with E-state index in [0.717, 1.165) is 11.6 Å². The summed E-state index contributed by atoms with van der Waals surface area (Å²) in [7, 11) is 0. The molecule has 2 fully saturated rings. The maximum atomic E-state index is 16.0. The third kappa shape index (κ3) is 4.42. The fourth-order valence-electron chi connectivity index (χ4n) is 4.59. The quantitative estimate of drug-likeness (QED) is 0.540. The number of ether oxygens (including phenoxy) is 2. The van der Waals surface area contributed by atoms with Crippen LogP contribution >= 0.6 is 0 Å². The number of pyridine rings is 3. The van der Waals surface area contributed by atoms with E-state index in [1.807, 2.05) is 17.0 Å². The normalized spacial score (nSPS) is 19.3. The number of nitrogens with zero attached hydrogens (tertiary/aromatic N) is 5. The van der Waals surface area contributed by atoms with E-state index in [1.54, 1.807) is 18.5 Å². The third-order valence-corrected chi connectivity index (χ3v) is 6.38. The number of anilines is 2. The van der Waals surface area contributed by atoms with Crippen molar-refractivity contribution in [1.82, 2.24) is 15.0 Å². The van der Waals surface area contributed by atoms with E-state index in [1.165, 1.54) is 6.08 Å². The molecule has 0 aromatic carbocycles. The van der Waals surface area contributed by atoms with Gasteiger partial charge in [0.15, 0.2) is 11.6 Å². The molecule has 182 valence electrons. The molecule has 2 aliphatic heterocycles. The van der Waals surface area contributed by atoms with Gasteiger partial charge in [0.25, 0.3) is 0 Å². The first kappa shape index (κ1) is 23.1. The summed E-state index contributed by atoms with van der Waals surface area (Å²) in [5.41, 5.74) is 8.69. The van der Waals surface area contributed by atoms with Crippen LogP contribution < -0.4 is 15.5 Å². The van der Waals surface area contributed by atoms with Crippen LogP contribution in [0.1, 0.15) is 12.6 Å². The van der Waals surface area contributed by atoms with Gasteiger partial charge in [0.2, 0.25) is 0 Å². The SMILES string of the molecule is CC1COCCN1c1cc(-c2ccnc(N3CCOCC3)c2F)c2ccnc(/C(N)=C/C=N)c2n1. The van der Waals surface area contributed by atoms with Crippen LogP contribution in [0.3, 0.4) is 0 Å². The summed E-state index contributed by atoms with van der Waals surface area (Å²) in [5.74, 6) is 0.628. The highest BCUT2D eigenvalue weighted by atomic mass is 19.1. The van der Waals surface area contributed by atoms with Gasteiger partial charge in [-0.25, -0.2) is 14.4 Å². The van der Waals surface area contributed by atoms with Crippen LogP contribution in [-0.2, 0) is 9.47 Å². The van der Waals surface area contributed by atoms with E-state index in [4.69, 9.17) is 25.6 Å². The van der Waals surface area contributed by atoms with E-state index < -0.39 is 0 Å². The fraction of sp³-hybridized carbons (Fsp3) is 0.360. The van der Waals surface area contributed by atoms with Gasteiger partial charge in [0, 0.05) is 49.2 Å². The lowest BCUT2D eigenvalue weighted by Gasteiger charge is -2.34. The minimum absolute atomic E-state index is 0.0994. The van der Waals surface area contributed by atoms with E-state index in [-0.39, 0.29) is 11.9 Å². The standard InChI is InChI=1S/C25H28FN7O2/c1-16-15-35-13-10-33(16)21-14-19(18-4-6-29-24(23(18)31-21)20(28)2-5-27)17-3-7-30-25(22(17)26)32-8-11-34-12-9-32/h2-7,14,16,27H,8-13,15,28H2,1H3/b20-2-,27-5?. The van der Waals surface area contributed by atoms with E-state index >= 15 is 4.39 Å². The summed E-state index contributed by atoms with van der Waals surface area (Å²) in [6.07, 6.45) is 5.85. The molecule has 5 heterocycles. The van der Waals surface area contributed by atoms with Crippen molar-refractivity contribution in [3.05, 3.63) is 48.2 Å². The van der Waals surface area contributed by atoms with Gasteiger partial charge in [-0.1, -0.05) is 0 Å². The van der Waals surface area contributed by atoms with Gasteiger partial charge in [0.05, 0.1) is 38.2 Å². The van der Waals surface area contributed by atoms with Gasteiger partial charge in [-0.2, -0.15) is 0 Å². The van der Waals surface area contributed by atoms with Gasteiger partial charge < -0.3 is 30.4 Å². The molecule has 1 unspecified atom stereocenters. The van der Waals surface area contributed by atoms with E-state index in [2.05, 4.69) is 21.8 Å². The van der Waals surface area contributed by atoms with Gasteiger partial charge in [-0.15, -0.1) is 0 Å². The number of allylic oxidation sites excluding steroid dienone is 1. The van der Waals surface area contributed by atoms with E-state index in [0.29, 0.717) is 85.7 Å². The lowest BCUT2D eigenvalue weighted by atomic mass is 10.00. The molecule has 0 spiro atoms. The number of rotatable bonds is 5. The maximum absolute atomic E-state index is 16.0. The number of aromatic nitrogens is 3. The highest BCUT2D eigenvalue weighted by Gasteiger charge is 2.25. The topological polar surface area (TPSA) is 113 Å². The second kappa shape index (κ2) is 9.93. The summed E-state index contributed by atoms with van der Waals surface area (Å²) in [6, 6.07) is 5.53. The molecule has 9 nitrogen and oxygen atoms in total. The largest absolute Gasteiger partial charge is 0.397 e. The monoisotopic (exact) mass is 477 g/mol. The van der Waals surface area contributed by atoms with Crippen molar-refractivity contribution in [2.75, 3.05) is 55.9 Å². The van der Waals surface area contributed by atoms with Crippen LogP contribution in [0, 0.1) is 11.2 Å². The molecule has 0 saturated carbocycles. The van der Waals surface area contributed by atoms with Crippen molar-refractivity contribution < 1.29 is 13.9 Å². The molecular weight excluding hydrogens is 449 g/mol. The van der Waals surface area contributed by atoms with Crippen molar-refractivity contribution in [2.24, 2.45) is 5.73 Å². The molecule has 3 aromatic heterocycles. The maximum Gasteiger partial charge on any atom is 0.173 e. The first-order chi connectivity index (χ1) is 17.1. The Labute approximate surface area is 202 Å². The number of nitrogens with two attached hydrogens (primary N) is 1. The zero-order chi connectivity index (χ0) is 24.4. The number of fused-ring (bicyclic) bond motifs is 1. The summed E-state index contributed by atoms with van der Waals surface area (Å²) >= 11 is 0. The van der Waals surface area contributed by atoms with Crippen LogP contribution in [0.2, 0.25) is 0 Å². The molecule has 2 aliphatic rings. The van der Waals surface area contributed by atoms with Crippen molar-refractivity contribution in [1.29, 1.82) is 5.41 Å². The molecule has 0 radical (unpaired) electrons. The molecular formula is C25H28FN7O2. The zero-order valence-corrected chi connectivity index (χ0v) is 19.6. The predicted octanol–water partition coefficient (Wildman–Crippen LogP) is 2.84. The minimum Gasteiger partial charge on any atom is -0.397 e. The Kier molecular flexibility index (Phi) is 6.56. The second-order valence-electron chi connectivity index (χ2n) is 8.59.